The number of halogens is 1. The van der Waals surface area contributed by atoms with E-state index in [9.17, 15) is 4.79 Å². The lowest BCUT2D eigenvalue weighted by Crippen LogP contribution is -2.15. The first kappa shape index (κ1) is 15.2. The van der Waals surface area contributed by atoms with Crippen molar-refractivity contribution in [2.45, 2.75) is 6.92 Å². The van der Waals surface area contributed by atoms with E-state index >= 15 is 0 Å². The van der Waals surface area contributed by atoms with Crippen LogP contribution in [0.4, 0.5) is 0 Å². The van der Waals surface area contributed by atoms with Gasteiger partial charge in [-0.3, -0.25) is 4.79 Å². The number of hydrogen-bond donors (Lipinski definition) is 1. The van der Waals surface area contributed by atoms with Gasteiger partial charge in [0.05, 0.1) is 10.6 Å². The number of primary amides is 1. The zero-order valence-corrected chi connectivity index (χ0v) is 12.4. The van der Waals surface area contributed by atoms with Crippen LogP contribution in [0.2, 0.25) is 5.02 Å². The molecule has 0 saturated carbocycles. The minimum atomic E-state index is -0.517. The van der Waals surface area contributed by atoms with E-state index in [1.807, 2.05) is 25.1 Å². The summed E-state index contributed by atoms with van der Waals surface area (Å²) in [5.74, 6) is 0.546. The summed E-state index contributed by atoms with van der Waals surface area (Å²) in [7, 11) is 0. The highest BCUT2D eigenvalue weighted by molar-refractivity contribution is 6.32. The lowest BCUT2D eigenvalue weighted by atomic mass is 10.1. The molecular formula is C16H16ClNO3. The molecule has 21 heavy (non-hydrogen) atoms. The Bertz CT molecular complexity index is 643. The van der Waals surface area contributed by atoms with Crippen molar-refractivity contribution in [3.05, 3.63) is 58.6 Å². The number of ether oxygens (including phenoxy) is 2. The van der Waals surface area contributed by atoms with E-state index in [2.05, 4.69) is 0 Å². The zero-order valence-electron chi connectivity index (χ0n) is 11.6. The fraction of sp³-hybridized carbons (Fsp3) is 0.188. The summed E-state index contributed by atoms with van der Waals surface area (Å²) in [5, 5.41) is 0.547. The Hall–Kier alpha value is -2.20. The van der Waals surface area contributed by atoms with Crippen LogP contribution in [0.5, 0.6) is 11.5 Å². The molecule has 0 heterocycles. The fourth-order valence-corrected chi connectivity index (χ4v) is 2.01. The van der Waals surface area contributed by atoms with E-state index in [0.717, 1.165) is 5.56 Å². The van der Waals surface area contributed by atoms with Gasteiger partial charge in [-0.2, -0.15) is 0 Å². The summed E-state index contributed by atoms with van der Waals surface area (Å²) >= 11 is 5.98. The third-order valence-electron chi connectivity index (χ3n) is 2.84. The number of carbonyl (C=O) groups excluding carboxylic acids is 1. The first-order chi connectivity index (χ1) is 10.1. The number of amides is 1. The van der Waals surface area contributed by atoms with Crippen molar-refractivity contribution in [3.63, 3.8) is 0 Å². The molecule has 110 valence electrons. The summed E-state index contributed by atoms with van der Waals surface area (Å²) in [6.45, 7) is 2.52. The van der Waals surface area contributed by atoms with Crippen LogP contribution in [0.15, 0.2) is 42.5 Å². The smallest absolute Gasteiger partial charge is 0.252 e. The standard InChI is InChI=1S/C16H16ClNO3/c1-11-6-7-12(16(18)19)15(10-11)21-9-8-20-14-5-3-2-4-13(14)17/h2-7,10H,8-9H2,1H3,(H2,18,19). The van der Waals surface area contributed by atoms with Crippen molar-refractivity contribution >= 4 is 17.5 Å². The Morgan fingerprint density at radius 3 is 2.43 bits per heavy atom. The molecule has 1 amide bonds. The molecule has 0 radical (unpaired) electrons. The number of carbonyl (C=O) groups is 1. The Morgan fingerprint density at radius 2 is 1.76 bits per heavy atom. The average molecular weight is 306 g/mol. The van der Waals surface area contributed by atoms with Crippen LogP contribution in [0.1, 0.15) is 15.9 Å². The van der Waals surface area contributed by atoms with Gasteiger partial charge in [-0.1, -0.05) is 29.8 Å². The van der Waals surface area contributed by atoms with Crippen LogP contribution < -0.4 is 15.2 Å². The van der Waals surface area contributed by atoms with Gasteiger partial charge in [-0.05, 0) is 36.8 Å². The Labute approximate surface area is 128 Å². The average Bonchev–Trinajstić information content (AvgIpc) is 2.45. The molecule has 0 aliphatic heterocycles. The van der Waals surface area contributed by atoms with Gasteiger partial charge in [0.15, 0.2) is 0 Å². The zero-order chi connectivity index (χ0) is 15.2. The highest BCUT2D eigenvalue weighted by atomic mass is 35.5. The molecule has 2 rings (SSSR count). The van der Waals surface area contributed by atoms with Crippen LogP contribution in [0, 0.1) is 6.92 Å². The van der Waals surface area contributed by atoms with Crippen LogP contribution in [-0.2, 0) is 0 Å². The Balaban J connectivity index is 1.93. The second-order valence-electron chi connectivity index (χ2n) is 4.49. The largest absolute Gasteiger partial charge is 0.489 e. The molecule has 0 saturated heterocycles. The Morgan fingerprint density at radius 1 is 1.10 bits per heavy atom. The van der Waals surface area contributed by atoms with Crippen LogP contribution in [0.3, 0.4) is 0 Å². The highest BCUT2D eigenvalue weighted by Crippen LogP contribution is 2.23. The molecule has 0 aliphatic rings. The van der Waals surface area contributed by atoms with Crippen molar-refractivity contribution in [2.75, 3.05) is 13.2 Å². The van der Waals surface area contributed by atoms with Gasteiger partial charge >= 0.3 is 0 Å². The number of benzene rings is 2. The topological polar surface area (TPSA) is 61.6 Å². The number of aryl methyl sites for hydroxylation is 1. The van der Waals surface area contributed by atoms with E-state index in [4.69, 9.17) is 26.8 Å². The molecule has 0 atom stereocenters. The molecular weight excluding hydrogens is 290 g/mol. The quantitative estimate of drug-likeness (QED) is 0.834. The highest BCUT2D eigenvalue weighted by Gasteiger charge is 2.09. The monoisotopic (exact) mass is 305 g/mol. The van der Waals surface area contributed by atoms with Gasteiger partial charge in [0.25, 0.3) is 5.91 Å². The molecule has 0 unspecified atom stereocenters. The van der Waals surface area contributed by atoms with Crippen LogP contribution in [-0.4, -0.2) is 19.1 Å². The SMILES string of the molecule is Cc1ccc(C(N)=O)c(OCCOc2ccccc2Cl)c1. The molecule has 2 aromatic rings. The van der Waals surface area contributed by atoms with Gasteiger partial charge in [-0.25, -0.2) is 0 Å². The van der Waals surface area contributed by atoms with Gasteiger partial charge in [-0.15, -0.1) is 0 Å². The van der Waals surface area contributed by atoms with Crippen LogP contribution in [0.25, 0.3) is 0 Å². The van der Waals surface area contributed by atoms with E-state index in [1.54, 1.807) is 24.3 Å². The molecule has 5 heteroatoms. The number of nitrogens with two attached hydrogens (primary N) is 1. The molecule has 0 aromatic heterocycles. The predicted octanol–water partition coefficient (Wildman–Crippen LogP) is 3.21. The third kappa shape index (κ3) is 4.13. The predicted molar refractivity (Wildman–Crippen MR) is 82.1 cm³/mol. The maximum atomic E-state index is 11.3. The van der Waals surface area contributed by atoms with Gasteiger partial charge in [0.2, 0.25) is 0 Å². The van der Waals surface area contributed by atoms with E-state index in [-0.39, 0.29) is 6.61 Å². The molecule has 0 spiro atoms. The van der Waals surface area contributed by atoms with E-state index in [1.165, 1.54) is 0 Å². The van der Waals surface area contributed by atoms with Crippen LogP contribution >= 0.6 is 11.6 Å². The molecule has 0 aliphatic carbocycles. The minimum Gasteiger partial charge on any atom is -0.489 e. The summed E-state index contributed by atoms with van der Waals surface area (Å²) in [4.78, 5) is 11.3. The van der Waals surface area contributed by atoms with Crippen molar-refractivity contribution in [2.24, 2.45) is 5.73 Å². The number of rotatable bonds is 6. The second-order valence-corrected chi connectivity index (χ2v) is 4.90. The van der Waals surface area contributed by atoms with E-state index < -0.39 is 5.91 Å². The van der Waals surface area contributed by atoms with Crippen molar-refractivity contribution in [1.82, 2.24) is 0 Å². The first-order valence-electron chi connectivity index (χ1n) is 6.48. The summed E-state index contributed by atoms with van der Waals surface area (Å²) in [6.07, 6.45) is 0. The maximum absolute atomic E-state index is 11.3. The van der Waals surface area contributed by atoms with Gasteiger partial charge in [0.1, 0.15) is 24.7 Å². The lowest BCUT2D eigenvalue weighted by molar-refractivity contribution is 0.0995. The first-order valence-corrected chi connectivity index (χ1v) is 6.86. The summed E-state index contributed by atoms with van der Waals surface area (Å²) in [5.41, 5.74) is 6.66. The normalized spacial score (nSPS) is 10.2. The third-order valence-corrected chi connectivity index (χ3v) is 3.15. The number of hydrogen-bond acceptors (Lipinski definition) is 3. The minimum absolute atomic E-state index is 0.287. The molecule has 2 N–H and O–H groups in total. The molecule has 2 aromatic carbocycles. The maximum Gasteiger partial charge on any atom is 0.252 e. The Kier molecular flexibility index (Phi) is 5.06. The van der Waals surface area contributed by atoms with Gasteiger partial charge < -0.3 is 15.2 Å². The molecule has 0 bridgehead atoms. The van der Waals surface area contributed by atoms with Crippen molar-refractivity contribution in [1.29, 1.82) is 0 Å². The van der Waals surface area contributed by atoms with Crippen molar-refractivity contribution in [3.8, 4) is 11.5 Å². The van der Waals surface area contributed by atoms with Gasteiger partial charge in [0, 0.05) is 0 Å². The number of para-hydroxylation sites is 1. The van der Waals surface area contributed by atoms with Crippen molar-refractivity contribution < 1.29 is 14.3 Å². The fourth-order valence-electron chi connectivity index (χ4n) is 1.82. The molecule has 4 nitrogen and oxygen atoms in total. The summed E-state index contributed by atoms with van der Waals surface area (Å²) in [6, 6.07) is 12.4. The lowest BCUT2D eigenvalue weighted by Gasteiger charge is -2.12. The van der Waals surface area contributed by atoms with E-state index in [0.29, 0.717) is 28.7 Å². The second kappa shape index (κ2) is 6.99. The molecule has 0 fully saturated rings. The summed E-state index contributed by atoms with van der Waals surface area (Å²) < 4.78 is 11.1.